The van der Waals surface area contributed by atoms with Gasteiger partial charge in [-0.05, 0) is 43.7 Å². The van der Waals surface area contributed by atoms with Gasteiger partial charge in [0.1, 0.15) is 11.6 Å². The molecule has 3 aromatic rings. The second-order valence-corrected chi connectivity index (χ2v) is 6.02. The SMILES string of the molecule is COc1cccc(Nc2cc(C)nc(Nc3cccc(Cl)c3C)n2)c1. The van der Waals surface area contributed by atoms with Crippen LogP contribution >= 0.6 is 11.6 Å². The molecule has 0 unspecified atom stereocenters. The lowest BCUT2D eigenvalue weighted by atomic mass is 10.2. The maximum absolute atomic E-state index is 6.17. The molecule has 25 heavy (non-hydrogen) atoms. The Morgan fingerprint density at radius 1 is 0.960 bits per heavy atom. The molecule has 0 amide bonds. The van der Waals surface area contributed by atoms with E-state index in [2.05, 4.69) is 20.6 Å². The molecule has 0 spiro atoms. The summed E-state index contributed by atoms with van der Waals surface area (Å²) in [4.78, 5) is 8.98. The molecular formula is C19H19ClN4O. The molecular weight excluding hydrogens is 336 g/mol. The maximum atomic E-state index is 6.17. The van der Waals surface area contributed by atoms with Gasteiger partial charge in [-0.15, -0.1) is 0 Å². The molecule has 0 radical (unpaired) electrons. The highest BCUT2D eigenvalue weighted by atomic mass is 35.5. The van der Waals surface area contributed by atoms with Gasteiger partial charge >= 0.3 is 0 Å². The number of rotatable bonds is 5. The summed E-state index contributed by atoms with van der Waals surface area (Å²) in [6, 6.07) is 15.3. The average Bonchev–Trinajstić information content (AvgIpc) is 2.59. The van der Waals surface area contributed by atoms with Gasteiger partial charge in [0.15, 0.2) is 0 Å². The smallest absolute Gasteiger partial charge is 0.229 e. The van der Waals surface area contributed by atoms with Crippen molar-refractivity contribution in [1.29, 1.82) is 0 Å². The van der Waals surface area contributed by atoms with Crippen LogP contribution in [0.2, 0.25) is 5.02 Å². The summed E-state index contributed by atoms with van der Waals surface area (Å²) in [6.07, 6.45) is 0. The van der Waals surface area contributed by atoms with Gasteiger partial charge < -0.3 is 15.4 Å². The fourth-order valence-corrected chi connectivity index (χ4v) is 2.58. The summed E-state index contributed by atoms with van der Waals surface area (Å²) < 4.78 is 5.25. The molecule has 0 aliphatic carbocycles. The van der Waals surface area contributed by atoms with Crippen LogP contribution in [0.1, 0.15) is 11.3 Å². The highest BCUT2D eigenvalue weighted by Crippen LogP contribution is 2.26. The number of nitrogens with zero attached hydrogens (tertiary/aromatic N) is 2. The highest BCUT2D eigenvalue weighted by molar-refractivity contribution is 6.31. The van der Waals surface area contributed by atoms with Crippen LogP contribution in [-0.2, 0) is 0 Å². The summed E-state index contributed by atoms with van der Waals surface area (Å²) in [5, 5.41) is 7.21. The van der Waals surface area contributed by atoms with Crippen LogP contribution in [0.3, 0.4) is 0 Å². The second kappa shape index (κ2) is 7.40. The first-order chi connectivity index (χ1) is 12.0. The molecule has 0 fully saturated rings. The van der Waals surface area contributed by atoms with Crippen LogP contribution in [0.4, 0.5) is 23.1 Å². The Kier molecular flexibility index (Phi) is 5.05. The van der Waals surface area contributed by atoms with Gasteiger partial charge in [0, 0.05) is 34.2 Å². The third-order valence-electron chi connectivity index (χ3n) is 3.71. The van der Waals surface area contributed by atoms with Crippen molar-refractivity contribution in [2.75, 3.05) is 17.7 Å². The Hall–Kier alpha value is -2.79. The van der Waals surface area contributed by atoms with Crippen molar-refractivity contribution >= 4 is 34.7 Å². The number of halogens is 1. The number of aryl methyl sites for hydroxylation is 1. The Morgan fingerprint density at radius 3 is 2.56 bits per heavy atom. The van der Waals surface area contributed by atoms with Crippen molar-refractivity contribution < 1.29 is 4.74 Å². The van der Waals surface area contributed by atoms with Crippen molar-refractivity contribution in [1.82, 2.24) is 9.97 Å². The van der Waals surface area contributed by atoms with Crippen LogP contribution in [0.5, 0.6) is 5.75 Å². The number of benzene rings is 2. The van der Waals surface area contributed by atoms with Gasteiger partial charge in [0.2, 0.25) is 5.95 Å². The molecule has 0 atom stereocenters. The van der Waals surface area contributed by atoms with Crippen LogP contribution in [-0.4, -0.2) is 17.1 Å². The van der Waals surface area contributed by atoms with Crippen LogP contribution in [0.25, 0.3) is 0 Å². The summed E-state index contributed by atoms with van der Waals surface area (Å²) in [5.41, 5.74) is 3.58. The molecule has 0 aliphatic heterocycles. The first-order valence-electron chi connectivity index (χ1n) is 7.84. The number of hydrogen-bond donors (Lipinski definition) is 2. The zero-order chi connectivity index (χ0) is 17.8. The summed E-state index contributed by atoms with van der Waals surface area (Å²) >= 11 is 6.17. The van der Waals surface area contributed by atoms with Crippen molar-refractivity contribution in [3.05, 3.63) is 64.8 Å². The quantitative estimate of drug-likeness (QED) is 0.656. The number of methoxy groups -OCH3 is 1. The monoisotopic (exact) mass is 354 g/mol. The molecule has 0 bridgehead atoms. The number of anilines is 4. The molecule has 0 aliphatic rings. The fourth-order valence-electron chi connectivity index (χ4n) is 2.40. The lowest BCUT2D eigenvalue weighted by Gasteiger charge is -2.12. The van der Waals surface area contributed by atoms with E-state index in [0.717, 1.165) is 28.4 Å². The second-order valence-electron chi connectivity index (χ2n) is 5.61. The third-order valence-corrected chi connectivity index (χ3v) is 4.12. The minimum atomic E-state index is 0.510. The minimum absolute atomic E-state index is 0.510. The van der Waals surface area contributed by atoms with E-state index in [0.29, 0.717) is 16.8 Å². The van der Waals surface area contributed by atoms with Crippen molar-refractivity contribution in [3.63, 3.8) is 0 Å². The van der Waals surface area contributed by atoms with Gasteiger partial charge in [0.25, 0.3) is 0 Å². The van der Waals surface area contributed by atoms with E-state index in [4.69, 9.17) is 16.3 Å². The van der Waals surface area contributed by atoms with Crippen LogP contribution in [0.15, 0.2) is 48.5 Å². The first-order valence-corrected chi connectivity index (χ1v) is 8.22. The largest absolute Gasteiger partial charge is 0.497 e. The van der Waals surface area contributed by atoms with Gasteiger partial charge in [-0.25, -0.2) is 4.98 Å². The topological polar surface area (TPSA) is 59.1 Å². The number of hydrogen-bond acceptors (Lipinski definition) is 5. The van der Waals surface area contributed by atoms with E-state index < -0.39 is 0 Å². The predicted molar refractivity (Wildman–Crippen MR) is 103 cm³/mol. The van der Waals surface area contributed by atoms with E-state index in [-0.39, 0.29) is 0 Å². The Bertz CT molecular complexity index is 898. The van der Waals surface area contributed by atoms with E-state index >= 15 is 0 Å². The predicted octanol–water partition coefficient (Wildman–Crippen LogP) is 5.24. The molecule has 1 heterocycles. The molecule has 128 valence electrons. The Labute approximate surface area is 152 Å². The standard InChI is InChI=1S/C19H19ClN4O/c1-12-10-18(22-14-6-4-7-15(11-14)25-3)24-19(21-12)23-17-9-5-8-16(20)13(17)2/h4-11H,1-3H3,(H2,21,22,23,24). The minimum Gasteiger partial charge on any atom is -0.497 e. The van der Waals surface area contributed by atoms with Gasteiger partial charge in [-0.3, -0.25) is 0 Å². The van der Waals surface area contributed by atoms with Crippen molar-refractivity contribution in [2.45, 2.75) is 13.8 Å². The lowest BCUT2D eigenvalue weighted by molar-refractivity contribution is 0.415. The van der Waals surface area contributed by atoms with Gasteiger partial charge in [-0.2, -0.15) is 4.98 Å². The molecule has 5 nitrogen and oxygen atoms in total. The highest BCUT2D eigenvalue weighted by Gasteiger charge is 2.07. The van der Waals surface area contributed by atoms with Crippen LogP contribution < -0.4 is 15.4 Å². The molecule has 3 rings (SSSR count). The number of aromatic nitrogens is 2. The zero-order valence-corrected chi connectivity index (χ0v) is 15.1. The molecule has 2 aromatic carbocycles. The van der Waals surface area contributed by atoms with E-state index in [1.165, 1.54) is 0 Å². The number of nitrogens with one attached hydrogen (secondary N) is 2. The fraction of sp³-hybridized carbons (Fsp3) is 0.158. The summed E-state index contributed by atoms with van der Waals surface area (Å²) in [7, 11) is 1.64. The van der Waals surface area contributed by atoms with Crippen molar-refractivity contribution in [2.24, 2.45) is 0 Å². The summed E-state index contributed by atoms with van der Waals surface area (Å²) in [6.45, 7) is 3.88. The summed E-state index contributed by atoms with van der Waals surface area (Å²) in [5.74, 6) is 1.99. The third kappa shape index (κ3) is 4.19. The molecule has 1 aromatic heterocycles. The van der Waals surface area contributed by atoms with E-state index in [1.807, 2.05) is 62.4 Å². The lowest BCUT2D eigenvalue weighted by Crippen LogP contribution is -2.03. The number of ether oxygens (including phenoxy) is 1. The van der Waals surface area contributed by atoms with Gasteiger partial charge in [-0.1, -0.05) is 23.7 Å². The Morgan fingerprint density at radius 2 is 1.76 bits per heavy atom. The molecule has 6 heteroatoms. The molecule has 0 saturated heterocycles. The first kappa shape index (κ1) is 17.0. The normalized spacial score (nSPS) is 10.4. The Balaban J connectivity index is 1.86. The van der Waals surface area contributed by atoms with E-state index in [9.17, 15) is 0 Å². The molecule has 0 saturated carbocycles. The van der Waals surface area contributed by atoms with E-state index in [1.54, 1.807) is 7.11 Å². The average molecular weight is 355 g/mol. The van der Waals surface area contributed by atoms with Gasteiger partial charge in [0.05, 0.1) is 7.11 Å². The maximum Gasteiger partial charge on any atom is 0.229 e. The zero-order valence-electron chi connectivity index (χ0n) is 14.3. The van der Waals surface area contributed by atoms with Crippen molar-refractivity contribution in [3.8, 4) is 5.75 Å². The molecule has 2 N–H and O–H groups in total. The van der Waals surface area contributed by atoms with Crippen LogP contribution in [0, 0.1) is 13.8 Å².